The number of rotatable bonds is 1. The first kappa shape index (κ1) is 6.67. The van der Waals surface area contributed by atoms with E-state index in [9.17, 15) is 0 Å². The highest BCUT2D eigenvalue weighted by atomic mass is 32.1. The number of hydrogen-bond acceptors (Lipinski definition) is 3. The summed E-state index contributed by atoms with van der Waals surface area (Å²) in [6.07, 6.45) is 3.52. The SMILES string of the molecule is SCc1cnc2cccnn12. The van der Waals surface area contributed by atoms with Gasteiger partial charge < -0.3 is 0 Å². The zero-order chi connectivity index (χ0) is 7.68. The Kier molecular flexibility index (Phi) is 1.54. The normalized spacial score (nSPS) is 10.6. The minimum atomic E-state index is 0.665. The van der Waals surface area contributed by atoms with Crippen LogP contribution in [0.3, 0.4) is 0 Å². The number of hydrogen-bond donors (Lipinski definition) is 1. The summed E-state index contributed by atoms with van der Waals surface area (Å²) in [5.74, 6) is 0.665. The number of imidazole rings is 1. The van der Waals surface area contributed by atoms with Gasteiger partial charge in [0.25, 0.3) is 0 Å². The lowest BCUT2D eigenvalue weighted by Gasteiger charge is -1.93. The molecule has 0 aliphatic rings. The molecule has 0 aromatic carbocycles. The van der Waals surface area contributed by atoms with Crippen LogP contribution >= 0.6 is 12.6 Å². The zero-order valence-electron chi connectivity index (χ0n) is 5.81. The average Bonchev–Trinajstić information content (AvgIpc) is 2.47. The van der Waals surface area contributed by atoms with E-state index in [1.807, 2.05) is 12.1 Å². The van der Waals surface area contributed by atoms with Gasteiger partial charge in [0.05, 0.1) is 11.9 Å². The van der Waals surface area contributed by atoms with Crippen molar-refractivity contribution < 1.29 is 0 Å². The summed E-state index contributed by atoms with van der Waals surface area (Å²) in [7, 11) is 0. The van der Waals surface area contributed by atoms with Crippen LogP contribution in [0.2, 0.25) is 0 Å². The van der Waals surface area contributed by atoms with Crippen LogP contribution in [-0.2, 0) is 5.75 Å². The van der Waals surface area contributed by atoms with Crippen LogP contribution in [0.25, 0.3) is 5.65 Å². The van der Waals surface area contributed by atoms with Gasteiger partial charge in [-0.2, -0.15) is 17.7 Å². The van der Waals surface area contributed by atoms with E-state index in [1.165, 1.54) is 0 Å². The van der Waals surface area contributed by atoms with Crippen molar-refractivity contribution in [3.8, 4) is 0 Å². The minimum absolute atomic E-state index is 0.665. The van der Waals surface area contributed by atoms with Crippen LogP contribution in [0.1, 0.15) is 5.69 Å². The van der Waals surface area contributed by atoms with Crippen LogP contribution < -0.4 is 0 Å². The van der Waals surface area contributed by atoms with Crippen molar-refractivity contribution in [2.75, 3.05) is 0 Å². The maximum Gasteiger partial charge on any atom is 0.153 e. The van der Waals surface area contributed by atoms with Gasteiger partial charge in [-0.05, 0) is 12.1 Å². The van der Waals surface area contributed by atoms with Gasteiger partial charge in [-0.25, -0.2) is 9.50 Å². The topological polar surface area (TPSA) is 30.2 Å². The third-order valence-corrected chi connectivity index (χ3v) is 1.83. The Morgan fingerprint density at radius 3 is 3.27 bits per heavy atom. The molecule has 0 aliphatic heterocycles. The molecule has 2 rings (SSSR count). The molecule has 2 aromatic heterocycles. The third-order valence-electron chi connectivity index (χ3n) is 1.51. The second-order valence-electron chi connectivity index (χ2n) is 2.20. The molecule has 0 radical (unpaired) electrons. The first-order valence-corrected chi connectivity index (χ1v) is 3.93. The Morgan fingerprint density at radius 1 is 1.55 bits per heavy atom. The Hall–Kier alpha value is -1.03. The van der Waals surface area contributed by atoms with Crippen LogP contribution in [-0.4, -0.2) is 14.6 Å². The predicted molar refractivity (Wildman–Crippen MR) is 45.7 cm³/mol. The fourth-order valence-corrected chi connectivity index (χ4v) is 1.20. The van der Waals surface area contributed by atoms with Gasteiger partial charge in [-0.1, -0.05) is 0 Å². The molecule has 0 bridgehead atoms. The van der Waals surface area contributed by atoms with Gasteiger partial charge in [0, 0.05) is 11.9 Å². The summed E-state index contributed by atoms with van der Waals surface area (Å²) in [4.78, 5) is 4.14. The van der Waals surface area contributed by atoms with E-state index in [0.717, 1.165) is 11.3 Å². The van der Waals surface area contributed by atoms with E-state index < -0.39 is 0 Å². The number of nitrogens with zero attached hydrogens (tertiary/aromatic N) is 3. The van der Waals surface area contributed by atoms with Gasteiger partial charge in [-0.3, -0.25) is 0 Å². The minimum Gasteiger partial charge on any atom is -0.235 e. The Morgan fingerprint density at radius 2 is 2.45 bits per heavy atom. The van der Waals surface area contributed by atoms with Crippen molar-refractivity contribution in [1.82, 2.24) is 14.6 Å². The van der Waals surface area contributed by atoms with E-state index in [1.54, 1.807) is 16.9 Å². The molecule has 4 heteroatoms. The Balaban J connectivity index is 2.76. The lowest BCUT2D eigenvalue weighted by atomic mass is 10.5. The molecule has 0 spiro atoms. The number of thiol groups is 1. The smallest absolute Gasteiger partial charge is 0.153 e. The van der Waals surface area contributed by atoms with Crippen LogP contribution in [0, 0.1) is 0 Å². The van der Waals surface area contributed by atoms with Crippen molar-refractivity contribution in [3.05, 3.63) is 30.2 Å². The number of fused-ring (bicyclic) bond motifs is 1. The standard InChI is InChI=1S/C7H7N3S/c11-5-6-4-8-7-2-1-3-9-10(6)7/h1-4,11H,5H2. The molecule has 0 fully saturated rings. The molecule has 0 N–H and O–H groups in total. The van der Waals surface area contributed by atoms with Gasteiger partial charge in [0.1, 0.15) is 0 Å². The van der Waals surface area contributed by atoms with E-state index >= 15 is 0 Å². The maximum absolute atomic E-state index is 4.15. The summed E-state index contributed by atoms with van der Waals surface area (Å²) in [5.41, 5.74) is 1.89. The van der Waals surface area contributed by atoms with Gasteiger partial charge >= 0.3 is 0 Å². The van der Waals surface area contributed by atoms with Crippen molar-refractivity contribution in [1.29, 1.82) is 0 Å². The molecular formula is C7H7N3S. The van der Waals surface area contributed by atoms with Crippen LogP contribution in [0.15, 0.2) is 24.5 Å². The average molecular weight is 165 g/mol. The van der Waals surface area contributed by atoms with Crippen molar-refractivity contribution >= 4 is 18.3 Å². The molecule has 0 amide bonds. The van der Waals surface area contributed by atoms with Gasteiger partial charge in [-0.15, -0.1) is 0 Å². The van der Waals surface area contributed by atoms with E-state index in [-0.39, 0.29) is 0 Å². The molecule has 0 aliphatic carbocycles. The first-order chi connectivity index (χ1) is 5.42. The molecule has 3 nitrogen and oxygen atoms in total. The second-order valence-corrected chi connectivity index (χ2v) is 2.52. The van der Waals surface area contributed by atoms with E-state index in [4.69, 9.17) is 0 Å². The van der Waals surface area contributed by atoms with Crippen LogP contribution in [0.4, 0.5) is 0 Å². The lowest BCUT2D eigenvalue weighted by Crippen LogP contribution is -1.93. The number of aromatic nitrogens is 3. The highest BCUT2D eigenvalue weighted by molar-refractivity contribution is 7.79. The summed E-state index contributed by atoms with van der Waals surface area (Å²) < 4.78 is 1.78. The van der Waals surface area contributed by atoms with E-state index in [0.29, 0.717) is 5.75 Å². The molecule has 0 atom stereocenters. The summed E-state index contributed by atoms with van der Waals surface area (Å²) in [6.45, 7) is 0. The molecule has 56 valence electrons. The largest absolute Gasteiger partial charge is 0.235 e. The quantitative estimate of drug-likeness (QED) is 0.643. The van der Waals surface area contributed by atoms with Crippen molar-refractivity contribution in [2.45, 2.75) is 5.75 Å². The zero-order valence-corrected chi connectivity index (χ0v) is 6.70. The highest BCUT2D eigenvalue weighted by Gasteiger charge is 1.99. The van der Waals surface area contributed by atoms with Crippen molar-refractivity contribution in [3.63, 3.8) is 0 Å². The summed E-state index contributed by atoms with van der Waals surface area (Å²) in [6, 6.07) is 3.78. The fourth-order valence-electron chi connectivity index (χ4n) is 0.986. The van der Waals surface area contributed by atoms with E-state index in [2.05, 4.69) is 22.7 Å². The first-order valence-electron chi connectivity index (χ1n) is 3.30. The molecular weight excluding hydrogens is 158 g/mol. The predicted octanol–water partition coefficient (Wildman–Crippen LogP) is 1.16. The molecule has 0 saturated heterocycles. The molecule has 2 aromatic rings. The van der Waals surface area contributed by atoms with Gasteiger partial charge in [0.15, 0.2) is 5.65 Å². The fraction of sp³-hybridized carbons (Fsp3) is 0.143. The van der Waals surface area contributed by atoms with Gasteiger partial charge in [0.2, 0.25) is 0 Å². The molecule has 2 heterocycles. The van der Waals surface area contributed by atoms with Crippen molar-refractivity contribution in [2.24, 2.45) is 0 Å². The molecule has 11 heavy (non-hydrogen) atoms. The Labute approximate surface area is 69.5 Å². The third kappa shape index (κ3) is 0.991. The summed E-state index contributed by atoms with van der Waals surface area (Å²) in [5, 5.41) is 4.12. The molecule has 0 saturated carbocycles. The van der Waals surface area contributed by atoms with Crippen LogP contribution in [0.5, 0.6) is 0 Å². The maximum atomic E-state index is 4.15. The highest BCUT2D eigenvalue weighted by Crippen LogP contribution is 2.05. The lowest BCUT2D eigenvalue weighted by molar-refractivity contribution is 0.894. The molecule has 0 unspecified atom stereocenters. The second kappa shape index (κ2) is 2.54. The monoisotopic (exact) mass is 165 g/mol. The summed E-state index contributed by atoms with van der Waals surface area (Å²) >= 11 is 4.15. The Bertz CT molecular complexity index is 368.